The highest BCUT2D eigenvalue weighted by Crippen LogP contribution is 2.22. The van der Waals surface area contributed by atoms with Crippen molar-refractivity contribution in [1.29, 1.82) is 0 Å². The van der Waals surface area contributed by atoms with E-state index in [0.29, 0.717) is 30.1 Å². The number of ether oxygens (including phenoxy) is 1. The second-order valence-electron chi connectivity index (χ2n) is 4.26. The Balaban J connectivity index is 1.78. The van der Waals surface area contributed by atoms with Crippen molar-refractivity contribution in [3.05, 3.63) is 42.2 Å². The van der Waals surface area contributed by atoms with Gasteiger partial charge in [-0.25, -0.2) is 4.79 Å². The fourth-order valence-electron chi connectivity index (χ4n) is 1.96. The van der Waals surface area contributed by atoms with E-state index in [0.717, 1.165) is 0 Å². The highest BCUT2D eigenvalue weighted by molar-refractivity contribution is 6.04. The van der Waals surface area contributed by atoms with Gasteiger partial charge in [-0.2, -0.15) is 5.10 Å². The summed E-state index contributed by atoms with van der Waals surface area (Å²) < 4.78 is 4.89. The molecular weight excluding hydrogens is 260 g/mol. The van der Waals surface area contributed by atoms with Crippen LogP contribution in [0, 0.1) is 0 Å². The van der Waals surface area contributed by atoms with E-state index in [1.54, 1.807) is 24.3 Å². The molecule has 1 saturated heterocycles. The number of carbonyl (C=O) groups excluding carboxylic acids is 2. The summed E-state index contributed by atoms with van der Waals surface area (Å²) in [6.07, 6.45) is 2.58. The molecule has 102 valence electrons. The molecule has 0 saturated carbocycles. The number of nitrogens with one attached hydrogen (secondary N) is 2. The predicted octanol–water partition coefficient (Wildman–Crippen LogP) is 1.62. The molecule has 0 radical (unpaired) electrons. The van der Waals surface area contributed by atoms with E-state index in [1.807, 2.05) is 0 Å². The molecule has 1 fully saturated rings. The third-order valence-corrected chi connectivity index (χ3v) is 2.94. The lowest BCUT2D eigenvalue weighted by molar-refractivity contribution is 0.102. The van der Waals surface area contributed by atoms with Crippen LogP contribution < -0.4 is 10.2 Å². The number of hydrogen-bond donors (Lipinski definition) is 2. The number of aromatic nitrogens is 2. The van der Waals surface area contributed by atoms with Crippen molar-refractivity contribution in [3.8, 4) is 0 Å². The summed E-state index contributed by atoms with van der Waals surface area (Å²) in [6.45, 7) is 0.891. The average molecular weight is 272 g/mol. The molecule has 0 atom stereocenters. The molecule has 0 bridgehead atoms. The Morgan fingerprint density at radius 2 is 2.35 bits per heavy atom. The van der Waals surface area contributed by atoms with Crippen LogP contribution in [0.3, 0.4) is 0 Å². The molecule has 7 nitrogen and oxygen atoms in total. The molecule has 1 aromatic heterocycles. The monoisotopic (exact) mass is 272 g/mol. The van der Waals surface area contributed by atoms with Gasteiger partial charge in [-0.3, -0.25) is 14.8 Å². The zero-order valence-corrected chi connectivity index (χ0v) is 10.5. The van der Waals surface area contributed by atoms with Gasteiger partial charge in [-0.15, -0.1) is 0 Å². The van der Waals surface area contributed by atoms with Crippen molar-refractivity contribution in [1.82, 2.24) is 10.2 Å². The molecule has 0 spiro atoms. The van der Waals surface area contributed by atoms with Crippen LogP contribution in [0.5, 0.6) is 0 Å². The van der Waals surface area contributed by atoms with E-state index in [2.05, 4.69) is 15.5 Å². The van der Waals surface area contributed by atoms with Gasteiger partial charge in [0.15, 0.2) is 0 Å². The Morgan fingerprint density at radius 3 is 3.05 bits per heavy atom. The fraction of sp³-hybridized carbons (Fsp3) is 0.154. The third kappa shape index (κ3) is 2.33. The molecule has 3 rings (SSSR count). The van der Waals surface area contributed by atoms with Crippen LogP contribution in [0.4, 0.5) is 16.2 Å². The average Bonchev–Trinajstić information content (AvgIpc) is 3.10. The van der Waals surface area contributed by atoms with Crippen LogP contribution in [0.2, 0.25) is 0 Å². The summed E-state index contributed by atoms with van der Waals surface area (Å²) >= 11 is 0. The normalized spacial score (nSPS) is 14.2. The minimum atomic E-state index is -0.372. The number of nitrogens with zero attached hydrogens (tertiary/aromatic N) is 2. The predicted molar refractivity (Wildman–Crippen MR) is 71.7 cm³/mol. The van der Waals surface area contributed by atoms with Gasteiger partial charge in [-0.05, 0) is 18.2 Å². The number of anilines is 2. The van der Waals surface area contributed by atoms with Crippen molar-refractivity contribution in [2.45, 2.75) is 0 Å². The fourth-order valence-corrected chi connectivity index (χ4v) is 1.96. The molecule has 2 amide bonds. The van der Waals surface area contributed by atoms with Crippen LogP contribution in [0.1, 0.15) is 10.4 Å². The lowest BCUT2D eigenvalue weighted by Crippen LogP contribution is -2.23. The van der Waals surface area contributed by atoms with Crippen molar-refractivity contribution >= 4 is 23.4 Å². The first-order valence-electron chi connectivity index (χ1n) is 6.08. The lowest BCUT2D eigenvalue weighted by Gasteiger charge is -2.14. The number of aromatic amines is 1. The molecule has 2 aromatic rings. The van der Waals surface area contributed by atoms with Crippen molar-refractivity contribution in [2.24, 2.45) is 0 Å². The molecule has 1 aliphatic heterocycles. The van der Waals surface area contributed by atoms with Gasteiger partial charge in [-0.1, -0.05) is 6.07 Å². The highest BCUT2D eigenvalue weighted by atomic mass is 16.6. The van der Waals surface area contributed by atoms with Gasteiger partial charge >= 0.3 is 6.09 Å². The number of carbonyl (C=O) groups is 2. The quantitative estimate of drug-likeness (QED) is 0.888. The Labute approximate surface area is 114 Å². The largest absolute Gasteiger partial charge is 0.447 e. The van der Waals surface area contributed by atoms with Gasteiger partial charge in [0.1, 0.15) is 6.61 Å². The summed E-state index contributed by atoms with van der Waals surface area (Å²) in [5.41, 5.74) is 1.74. The van der Waals surface area contributed by atoms with E-state index in [-0.39, 0.29) is 12.0 Å². The van der Waals surface area contributed by atoms with Crippen molar-refractivity contribution in [3.63, 3.8) is 0 Å². The topological polar surface area (TPSA) is 87.3 Å². The van der Waals surface area contributed by atoms with Crippen LogP contribution in [-0.2, 0) is 4.74 Å². The standard InChI is InChI=1S/C13H12N4O3/c18-12(9-7-14-15-8-9)16-10-2-1-3-11(6-10)17-4-5-20-13(17)19/h1-3,6-8H,4-5H2,(H,14,15)(H,16,18). The number of amides is 2. The Hall–Kier alpha value is -2.83. The van der Waals surface area contributed by atoms with E-state index < -0.39 is 0 Å². The molecule has 2 heterocycles. The van der Waals surface area contributed by atoms with Crippen LogP contribution in [0.15, 0.2) is 36.7 Å². The molecule has 20 heavy (non-hydrogen) atoms. The van der Waals surface area contributed by atoms with Crippen LogP contribution in [-0.4, -0.2) is 35.3 Å². The first kappa shape index (κ1) is 12.2. The number of H-pyrrole nitrogens is 1. The van der Waals surface area contributed by atoms with E-state index >= 15 is 0 Å². The molecular formula is C13H12N4O3. The second kappa shape index (κ2) is 5.04. The zero-order chi connectivity index (χ0) is 13.9. The Bertz CT molecular complexity index is 639. The van der Waals surface area contributed by atoms with Gasteiger partial charge in [0.05, 0.1) is 18.3 Å². The summed E-state index contributed by atoms with van der Waals surface area (Å²) in [7, 11) is 0. The number of rotatable bonds is 3. The molecule has 1 aromatic carbocycles. The number of cyclic esters (lactones) is 1. The summed E-state index contributed by atoms with van der Waals surface area (Å²) in [4.78, 5) is 24.9. The minimum Gasteiger partial charge on any atom is -0.447 e. The zero-order valence-electron chi connectivity index (χ0n) is 10.5. The number of benzene rings is 1. The lowest BCUT2D eigenvalue weighted by atomic mass is 10.2. The maximum Gasteiger partial charge on any atom is 0.414 e. The van der Waals surface area contributed by atoms with Crippen molar-refractivity contribution < 1.29 is 14.3 Å². The SMILES string of the molecule is O=C(Nc1cccc(N2CCOC2=O)c1)c1cn[nH]c1. The smallest absolute Gasteiger partial charge is 0.414 e. The van der Waals surface area contributed by atoms with E-state index in [1.165, 1.54) is 17.3 Å². The molecule has 0 aliphatic carbocycles. The molecule has 2 N–H and O–H groups in total. The highest BCUT2D eigenvalue weighted by Gasteiger charge is 2.23. The first-order chi connectivity index (χ1) is 9.74. The summed E-state index contributed by atoms with van der Waals surface area (Å²) in [5, 5.41) is 9.04. The van der Waals surface area contributed by atoms with Gasteiger partial charge in [0.2, 0.25) is 0 Å². The molecule has 1 aliphatic rings. The van der Waals surface area contributed by atoms with Crippen LogP contribution >= 0.6 is 0 Å². The van der Waals surface area contributed by atoms with Crippen molar-refractivity contribution in [2.75, 3.05) is 23.4 Å². The van der Waals surface area contributed by atoms with Gasteiger partial charge < -0.3 is 10.1 Å². The van der Waals surface area contributed by atoms with E-state index in [4.69, 9.17) is 4.74 Å². The first-order valence-corrected chi connectivity index (χ1v) is 6.08. The molecule has 7 heteroatoms. The minimum absolute atomic E-state index is 0.264. The third-order valence-electron chi connectivity index (χ3n) is 2.94. The Morgan fingerprint density at radius 1 is 1.45 bits per heavy atom. The van der Waals surface area contributed by atoms with E-state index in [9.17, 15) is 9.59 Å². The van der Waals surface area contributed by atoms with Gasteiger partial charge in [0, 0.05) is 17.6 Å². The molecule has 0 unspecified atom stereocenters. The summed E-state index contributed by atoms with van der Waals surface area (Å²) in [6, 6.07) is 7.04. The van der Waals surface area contributed by atoms with Gasteiger partial charge in [0.25, 0.3) is 5.91 Å². The maximum absolute atomic E-state index is 11.9. The number of hydrogen-bond acceptors (Lipinski definition) is 4. The maximum atomic E-state index is 11.9. The summed E-state index contributed by atoms with van der Waals surface area (Å²) in [5.74, 6) is -0.264. The Kier molecular flexibility index (Phi) is 3.08. The second-order valence-corrected chi connectivity index (χ2v) is 4.26. The van der Waals surface area contributed by atoms with Crippen LogP contribution in [0.25, 0.3) is 0 Å².